The molecule has 1 amide bonds. The number of nitrogens with zero attached hydrogens (tertiary/aromatic N) is 1. The van der Waals surface area contributed by atoms with E-state index in [1.54, 1.807) is 7.11 Å². The van der Waals surface area contributed by atoms with Crippen molar-refractivity contribution in [2.75, 3.05) is 27.3 Å². The number of carbonyl (C=O) groups excluding carboxylic acids is 1. The largest absolute Gasteiger partial charge is 0.383 e. The predicted molar refractivity (Wildman–Crippen MR) is 95.8 cm³/mol. The SMILES string of the molecule is COC[C@@H](Cc1ccccc1)N(C)CC(=O)NC(C1CC1)C1CC1. The minimum absolute atomic E-state index is 0.162. The summed E-state index contributed by atoms with van der Waals surface area (Å²) in [4.78, 5) is 14.6. The molecule has 0 heterocycles. The van der Waals surface area contributed by atoms with Crippen LogP contribution in [0.5, 0.6) is 0 Å². The van der Waals surface area contributed by atoms with Crippen molar-refractivity contribution in [3.8, 4) is 0 Å². The van der Waals surface area contributed by atoms with Crippen LogP contribution in [0.2, 0.25) is 0 Å². The summed E-state index contributed by atoms with van der Waals surface area (Å²) in [6.45, 7) is 1.07. The van der Waals surface area contributed by atoms with E-state index in [1.807, 2.05) is 13.1 Å². The molecule has 0 aromatic heterocycles. The number of carbonyl (C=O) groups is 1. The number of amides is 1. The smallest absolute Gasteiger partial charge is 0.234 e. The molecule has 2 aliphatic carbocycles. The van der Waals surface area contributed by atoms with E-state index in [1.165, 1.54) is 31.2 Å². The fourth-order valence-electron chi connectivity index (χ4n) is 3.54. The van der Waals surface area contributed by atoms with Crippen molar-refractivity contribution >= 4 is 5.91 Å². The van der Waals surface area contributed by atoms with Crippen molar-refractivity contribution in [1.82, 2.24) is 10.2 Å². The molecule has 1 aromatic rings. The number of nitrogens with one attached hydrogen (secondary N) is 1. The number of ether oxygens (including phenoxy) is 1. The highest BCUT2D eigenvalue weighted by Gasteiger charge is 2.42. The van der Waals surface area contributed by atoms with Crippen LogP contribution in [0.25, 0.3) is 0 Å². The Bertz CT molecular complexity index is 514. The summed E-state index contributed by atoms with van der Waals surface area (Å²) in [6.07, 6.45) is 6.05. The molecule has 0 aliphatic heterocycles. The molecule has 0 radical (unpaired) electrons. The average molecular weight is 330 g/mol. The first kappa shape index (κ1) is 17.4. The molecule has 1 aromatic carbocycles. The Morgan fingerprint density at radius 3 is 2.38 bits per heavy atom. The molecule has 2 aliphatic rings. The van der Waals surface area contributed by atoms with E-state index in [-0.39, 0.29) is 11.9 Å². The molecule has 2 fully saturated rings. The Morgan fingerprint density at radius 2 is 1.83 bits per heavy atom. The summed E-state index contributed by atoms with van der Waals surface area (Å²) in [7, 11) is 3.75. The maximum absolute atomic E-state index is 12.5. The minimum Gasteiger partial charge on any atom is -0.383 e. The van der Waals surface area contributed by atoms with Gasteiger partial charge in [-0.25, -0.2) is 0 Å². The predicted octanol–water partition coefficient (Wildman–Crippen LogP) is 2.48. The Labute approximate surface area is 145 Å². The van der Waals surface area contributed by atoms with Crippen molar-refractivity contribution < 1.29 is 9.53 Å². The van der Waals surface area contributed by atoms with Gasteiger partial charge in [0.2, 0.25) is 5.91 Å². The Balaban J connectivity index is 1.52. The van der Waals surface area contributed by atoms with Crippen LogP contribution >= 0.6 is 0 Å². The van der Waals surface area contributed by atoms with Crippen molar-refractivity contribution in [3.63, 3.8) is 0 Å². The number of rotatable bonds is 10. The lowest BCUT2D eigenvalue weighted by Gasteiger charge is -2.28. The quantitative estimate of drug-likeness (QED) is 0.717. The van der Waals surface area contributed by atoms with Crippen LogP contribution in [0.15, 0.2) is 30.3 Å². The van der Waals surface area contributed by atoms with Crippen LogP contribution in [-0.4, -0.2) is 50.2 Å². The molecule has 0 spiro atoms. The lowest BCUT2D eigenvalue weighted by atomic mass is 10.1. The topological polar surface area (TPSA) is 41.6 Å². The molecule has 4 nitrogen and oxygen atoms in total. The first-order valence-corrected chi connectivity index (χ1v) is 9.20. The zero-order valence-electron chi connectivity index (χ0n) is 14.9. The number of hydrogen-bond acceptors (Lipinski definition) is 3. The van der Waals surface area contributed by atoms with E-state index in [0.717, 1.165) is 18.3 Å². The average Bonchev–Trinajstić information content (AvgIpc) is 3.47. The summed E-state index contributed by atoms with van der Waals surface area (Å²) in [5.41, 5.74) is 1.28. The molecule has 4 heteroatoms. The Kier molecular flexibility index (Phi) is 5.90. The summed E-state index contributed by atoms with van der Waals surface area (Å²) in [5, 5.41) is 3.31. The van der Waals surface area contributed by atoms with E-state index >= 15 is 0 Å². The molecule has 0 bridgehead atoms. The summed E-state index contributed by atoms with van der Waals surface area (Å²) in [6, 6.07) is 11.1. The second-order valence-corrected chi connectivity index (χ2v) is 7.48. The zero-order valence-corrected chi connectivity index (χ0v) is 14.9. The molecule has 3 rings (SSSR count). The van der Waals surface area contributed by atoms with Gasteiger partial charge in [0, 0.05) is 19.2 Å². The van der Waals surface area contributed by atoms with Crippen LogP contribution in [-0.2, 0) is 16.0 Å². The maximum atomic E-state index is 12.5. The monoisotopic (exact) mass is 330 g/mol. The normalized spacial score (nSPS) is 18.8. The minimum atomic E-state index is 0.162. The van der Waals surface area contributed by atoms with Crippen molar-refractivity contribution in [3.05, 3.63) is 35.9 Å². The zero-order chi connectivity index (χ0) is 16.9. The maximum Gasteiger partial charge on any atom is 0.234 e. The van der Waals surface area contributed by atoms with Crippen molar-refractivity contribution in [2.24, 2.45) is 11.8 Å². The highest BCUT2D eigenvalue weighted by molar-refractivity contribution is 5.78. The van der Waals surface area contributed by atoms with Crippen LogP contribution in [0, 0.1) is 11.8 Å². The number of benzene rings is 1. The van der Waals surface area contributed by atoms with Gasteiger partial charge in [0.25, 0.3) is 0 Å². The summed E-state index contributed by atoms with van der Waals surface area (Å²) >= 11 is 0. The lowest BCUT2D eigenvalue weighted by molar-refractivity contribution is -0.123. The number of hydrogen-bond donors (Lipinski definition) is 1. The van der Waals surface area contributed by atoms with Crippen LogP contribution in [0.1, 0.15) is 31.2 Å². The van der Waals surface area contributed by atoms with Gasteiger partial charge in [0.15, 0.2) is 0 Å². The first-order chi connectivity index (χ1) is 11.7. The molecule has 2 saturated carbocycles. The van der Waals surface area contributed by atoms with E-state index in [4.69, 9.17) is 4.74 Å². The van der Waals surface area contributed by atoms with E-state index < -0.39 is 0 Å². The Hall–Kier alpha value is -1.39. The third kappa shape index (κ3) is 5.05. The van der Waals surface area contributed by atoms with Gasteiger partial charge in [-0.3, -0.25) is 9.69 Å². The van der Waals surface area contributed by atoms with Gasteiger partial charge in [-0.15, -0.1) is 0 Å². The summed E-state index contributed by atoms with van der Waals surface area (Å²) in [5.74, 6) is 1.65. The first-order valence-electron chi connectivity index (χ1n) is 9.20. The number of methoxy groups -OCH3 is 1. The van der Waals surface area contributed by atoms with Gasteiger partial charge >= 0.3 is 0 Å². The molecular weight excluding hydrogens is 300 g/mol. The molecule has 1 N–H and O–H groups in total. The molecule has 0 unspecified atom stereocenters. The van der Waals surface area contributed by atoms with Crippen LogP contribution in [0.3, 0.4) is 0 Å². The van der Waals surface area contributed by atoms with E-state index in [0.29, 0.717) is 19.2 Å². The molecule has 132 valence electrons. The highest BCUT2D eigenvalue weighted by Crippen LogP contribution is 2.44. The highest BCUT2D eigenvalue weighted by atomic mass is 16.5. The lowest BCUT2D eigenvalue weighted by Crippen LogP contribution is -2.47. The van der Waals surface area contributed by atoms with Crippen molar-refractivity contribution in [2.45, 2.75) is 44.2 Å². The second-order valence-electron chi connectivity index (χ2n) is 7.48. The standard InChI is InChI=1S/C20H30N2O2/c1-22(18(14-24-2)12-15-6-4-3-5-7-15)13-19(23)21-20(16-8-9-16)17-10-11-17/h3-7,16-18,20H,8-14H2,1-2H3,(H,21,23)/t18-/m1/s1. The fourth-order valence-corrected chi connectivity index (χ4v) is 3.54. The van der Waals surface area contributed by atoms with E-state index in [2.05, 4.69) is 34.5 Å². The van der Waals surface area contributed by atoms with Gasteiger partial charge in [-0.1, -0.05) is 30.3 Å². The molecule has 0 saturated heterocycles. The Morgan fingerprint density at radius 1 is 1.21 bits per heavy atom. The second kappa shape index (κ2) is 8.13. The number of likely N-dealkylation sites (N-methyl/N-ethyl adjacent to an activating group) is 1. The molecular formula is C20H30N2O2. The van der Waals surface area contributed by atoms with Gasteiger partial charge in [0.05, 0.1) is 13.2 Å². The van der Waals surface area contributed by atoms with Crippen LogP contribution < -0.4 is 5.32 Å². The van der Waals surface area contributed by atoms with Gasteiger partial charge < -0.3 is 10.1 Å². The third-order valence-corrected chi connectivity index (χ3v) is 5.28. The van der Waals surface area contributed by atoms with E-state index in [9.17, 15) is 4.79 Å². The van der Waals surface area contributed by atoms with Gasteiger partial charge in [0.1, 0.15) is 0 Å². The van der Waals surface area contributed by atoms with Crippen LogP contribution in [0.4, 0.5) is 0 Å². The third-order valence-electron chi connectivity index (χ3n) is 5.28. The van der Waals surface area contributed by atoms with Crippen molar-refractivity contribution in [1.29, 1.82) is 0 Å². The molecule has 1 atom stereocenters. The fraction of sp³-hybridized carbons (Fsp3) is 0.650. The van der Waals surface area contributed by atoms with Gasteiger partial charge in [-0.2, -0.15) is 0 Å². The molecule has 24 heavy (non-hydrogen) atoms. The van der Waals surface area contributed by atoms with Gasteiger partial charge in [-0.05, 0) is 56.6 Å². The summed E-state index contributed by atoms with van der Waals surface area (Å²) < 4.78 is 5.38.